The quantitative estimate of drug-likeness (QED) is 0.220. The normalized spacial score (nSPS) is 15.6. The first-order valence-electron chi connectivity index (χ1n) is 13.9. The number of aromatic nitrogens is 4. The van der Waals surface area contributed by atoms with Crippen LogP contribution in [0, 0.1) is 6.92 Å². The van der Waals surface area contributed by atoms with Crippen LogP contribution in [0.15, 0.2) is 47.5 Å². The maximum Gasteiger partial charge on any atom is 0.231 e. The highest BCUT2D eigenvalue weighted by molar-refractivity contribution is 7.85. The Morgan fingerprint density at radius 2 is 1.80 bits per heavy atom. The van der Waals surface area contributed by atoms with Crippen molar-refractivity contribution >= 4 is 45.0 Å². The van der Waals surface area contributed by atoms with Gasteiger partial charge in [0.1, 0.15) is 11.6 Å². The lowest BCUT2D eigenvalue weighted by Crippen LogP contribution is -2.29. The Morgan fingerprint density at radius 1 is 1.05 bits per heavy atom. The van der Waals surface area contributed by atoms with Gasteiger partial charge in [-0.1, -0.05) is 26.0 Å². The van der Waals surface area contributed by atoms with Crippen LogP contribution in [0.25, 0.3) is 11.0 Å². The topological polar surface area (TPSA) is 108 Å². The molecule has 1 atom stereocenters. The number of benzene rings is 2. The molecule has 2 aromatic heterocycles. The number of hydrogen-bond donors (Lipinski definition) is 3. The van der Waals surface area contributed by atoms with Crippen molar-refractivity contribution in [3.05, 3.63) is 53.7 Å². The molecule has 3 N–H and O–H groups in total. The number of hydrogen-bond acceptors (Lipinski definition) is 8. The maximum atomic E-state index is 13.0. The number of H-pyrrole nitrogens is 1. The lowest BCUT2D eigenvalue weighted by Gasteiger charge is -2.30. The minimum absolute atomic E-state index is 0.0140. The summed E-state index contributed by atoms with van der Waals surface area (Å²) in [7, 11) is 1.02. The molecular weight excluding hydrogens is 522 g/mol. The second-order valence-corrected chi connectivity index (χ2v) is 13.0. The van der Waals surface area contributed by atoms with Gasteiger partial charge in [0.05, 0.1) is 44.8 Å². The van der Waals surface area contributed by atoms with Crippen LogP contribution < -0.4 is 15.4 Å². The summed E-state index contributed by atoms with van der Waals surface area (Å²) in [5.41, 5.74) is 4.71. The summed E-state index contributed by atoms with van der Waals surface area (Å²) in [6.45, 7) is 12.3. The van der Waals surface area contributed by atoms with Crippen LogP contribution in [-0.2, 0) is 10.8 Å². The number of nitrogens with one attached hydrogen (secondary N) is 3. The summed E-state index contributed by atoms with van der Waals surface area (Å²) in [4.78, 5) is 12.6. The first-order chi connectivity index (χ1) is 19.2. The van der Waals surface area contributed by atoms with Gasteiger partial charge in [0.2, 0.25) is 5.95 Å². The fraction of sp³-hybridized carbons (Fsp3) is 0.433. The summed E-state index contributed by atoms with van der Waals surface area (Å²) >= 11 is 0. The van der Waals surface area contributed by atoms with Gasteiger partial charge in [0, 0.05) is 5.25 Å². The van der Waals surface area contributed by atoms with E-state index in [-0.39, 0.29) is 11.4 Å². The van der Waals surface area contributed by atoms with Crippen LogP contribution in [0.5, 0.6) is 5.75 Å². The molecule has 1 aliphatic heterocycles. The fourth-order valence-corrected chi connectivity index (χ4v) is 6.20. The van der Waals surface area contributed by atoms with E-state index in [9.17, 15) is 4.21 Å². The molecule has 5 rings (SSSR count). The van der Waals surface area contributed by atoms with E-state index in [1.165, 1.54) is 11.1 Å². The molecule has 1 aliphatic rings. The van der Waals surface area contributed by atoms with Gasteiger partial charge in [-0.2, -0.15) is 15.1 Å². The molecule has 0 bridgehead atoms. The third-order valence-electron chi connectivity index (χ3n) is 7.23. The number of aromatic amines is 1. The highest BCUT2D eigenvalue weighted by atomic mass is 32.2. The molecule has 1 saturated heterocycles. The van der Waals surface area contributed by atoms with Crippen molar-refractivity contribution in [3.63, 3.8) is 0 Å². The Balaban J connectivity index is 1.50. The molecule has 0 aliphatic carbocycles. The average molecular weight is 562 g/mol. The second kappa shape index (κ2) is 11.9. The van der Waals surface area contributed by atoms with Crippen molar-refractivity contribution < 1.29 is 8.95 Å². The van der Waals surface area contributed by atoms with Crippen molar-refractivity contribution in [1.82, 2.24) is 25.1 Å². The Bertz CT molecular complexity index is 1510. The average Bonchev–Trinajstić information content (AvgIpc) is 3.39. The van der Waals surface area contributed by atoms with Crippen molar-refractivity contribution in [1.29, 1.82) is 0 Å². The van der Waals surface area contributed by atoms with Gasteiger partial charge in [-0.3, -0.25) is 9.31 Å². The molecule has 0 spiro atoms. The molecule has 1 unspecified atom stereocenters. The highest BCUT2D eigenvalue weighted by Crippen LogP contribution is 2.38. The molecule has 0 saturated carbocycles. The van der Waals surface area contributed by atoms with Gasteiger partial charge >= 0.3 is 0 Å². The molecule has 10 heteroatoms. The van der Waals surface area contributed by atoms with E-state index in [1.807, 2.05) is 52.0 Å². The van der Waals surface area contributed by atoms with Gasteiger partial charge in [-0.25, -0.2) is 0 Å². The van der Waals surface area contributed by atoms with Crippen molar-refractivity contribution in [3.8, 4) is 5.75 Å². The molecule has 40 heavy (non-hydrogen) atoms. The lowest BCUT2D eigenvalue weighted by atomic mass is 9.86. The van der Waals surface area contributed by atoms with Gasteiger partial charge in [0.25, 0.3) is 0 Å². The monoisotopic (exact) mass is 561 g/mol. The van der Waals surface area contributed by atoms with Gasteiger partial charge < -0.3 is 20.3 Å². The van der Waals surface area contributed by atoms with Crippen molar-refractivity contribution in [2.45, 2.75) is 69.6 Å². The first-order valence-corrected chi connectivity index (χ1v) is 15.2. The predicted octanol–water partition coefficient (Wildman–Crippen LogP) is 6.26. The zero-order chi connectivity index (χ0) is 28.4. The number of rotatable bonds is 9. The number of anilines is 4. The smallest absolute Gasteiger partial charge is 0.231 e. The number of nitrogens with zero attached hydrogens (tertiary/aromatic N) is 4. The summed E-state index contributed by atoms with van der Waals surface area (Å²) in [6.07, 6.45) is 3.99. The molecule has 4 aromatic rings. The van der Waals surface area contributed by atoms with E-state index in [4.69, 9.17) is 9.72 Å². The fourth-order valence-electron chi connectivity index (χ4n) is 5.15. The van der Waals surface area contributed by atoms with Crippen LogP contribution in [0.1, 0.15) is 57.6 Å². The Labute approximate surface area is 238 Å². The SMILES string of the molecule is Cc1cc(Nc2nc(Nc3ccccc3S(=O)C(C)C)c3cn[nH]c3n2)c(OC(C)C)cc1C1CCN(C)CC1. The summed E-state index contributed by atoms with van der Waals surface area (Å²) < 4.78 is 19.3. The summed E-state index contributed by atoms with van der Waals surface area (Å²) in [5, 5.41) is 14.7. The van der Waals surface area contributed by atoms with E-state index >= 15 is 0 Å². The van der Waals surface area contributed by atoms with Crippen LogP contribution in [-0.4, -0.2) is 60.8 Å². The largest absolute Gasteiger partial charge is 0.489 e. The molecule has 9 nitrogen and oxygen atoms in total. The Kier molecular flexibility index (Phi) is 8.37. The summed E-state index contributed by atoms with van der Waals surface area (Å²) in [6, 6.07) is 11.9. The predicted molar refractivity (Wildman–Crippen MR) is 163 cm³/mol. The van der Waals surface area contributed by atoms with Crippen molar-refractivity contribution in [2.75, 3.05) is 30.8 Å². The molecular formula is C30H39N7O2S. The van der Waals surface area contributed by atoms with Gasteiger partial charge in [0.15, 0.2) is 5.65 Å². The van der Waals surface area contributed by atoms with E-state index in [0.717, 1.165) is 53.3 Å². The van der Waals surface area contributed by atoms with E-state index in [0.29, 0.717) is 23.3 Å². The highest BCUT2D eigenvalue weighted by Gasteiger charge is 2.23. The number of piperidine rings is 1. The molecule has 1 fully saturated rings. The van der Waals surface area contributed by atoms with Crippen LogP contribution >= 0.6 is 0 Å². The summed E-state index contributed by atoms with van der Waals surface area (Å²) in [5.74, 6) is 2.28. The number of likely N-dealkylation sites (tertiary alicyclic amines) is 1. The zero-order valence-electron chi connectivity index (χ0n) is 24.1. The van der Waals surface area contributed by atoms with Crippen LogP contribution in [0.4, 0.5) is 23.1 Å². The standard InChI is InChI=1S/C30H39N7O2S/c1-18(2)39-26-16-22(21-11-13-37(6)14-12-21)20(5)15-25(26)33-30-34-28(23-17-31-36-29(23)35-30)32-24-9-7-8-10-27(24)40(38)19(3)4/h7-10,15-19,21H,11-14H2,1-6H3,(H3,31,32,33,34,35,36). The van der Waals surface area contributed by atoms with Crippen molar-refractivity contribution in [2.24, 2.45) is 0 Å². The minimum Gasteiger partial charge on any atom is -0.489 e. The zero-order valence-corrected chi connectivity index (χ0v) is 24.9. The first kappa shape index (κ1) is 28.0. The minimum atomic E-state index is -1.16. The third-order valence-corrected chi connectivity index (χ3v) is 8.88. The molecule has 3 heterocycles. The molecule has 2 aromatic carbocycles. The van der Waals surface area contributed by atoms with E-state index < -0.39 is 10.8 Å². The Hall–Kier alpha value is -3.50. The van der Waals surface area contributed by atoms with Crippen LogP contribution in [0.2, 0.25) is 0 Å². The lowest BCUT2D eigenvalue weighted by molar-refractivity contribution is 0.241. The van der Waals surface area contributed by atoms with E-state index in [1.54, 1.807) is 6.20 Å². The molecule has 0 amide bonds. The number of para-hydroxylation sites is 1. The van der Waals surface area contributed by atoms with Crippen LogP contribution in [0.3, 0.4) is 0 Å². The number of fused-ring (bicyclic) bond motifs is 1. The molecule has 0 radical (unpaired) electrons. The third kappa shape index (κ3) is 6.13. The van der Waals surface area contributed by atoms with Gasteiger partial charge in [-0.15, -0.1) is 0 Å². The number of aryl methyl sites for hydroxylation is 1. The second-order valence-electron chi connectivity index (χ2n) is 11.1. The van der Waals surface area contributed by atoms with Gasteiger partial charge in [-0.05, 0) is 95.1 Å². The molecule has 212 valence electrons. The maximum absolute atomic E-state index is 13.0. The number of ether oxygens (including phenoxy) is 1. The Morgan fingerprint density at radius 3 is 2.52 bits per heavy atom. The van der Waals surface area contributed by atoms with E-state index in [2.05, 4.69) is 56.8 Å².